The van der Waals surface area contributed by atoms with Crippen LogP contribution in [0.2, 0.25) is 0 Å². The van der Waals surface area contributed by atoms with E-state index in [2.05, 4.69) is 0 Å². The van der Waals surface area contributed by atoms with Crippen molar-refractivity contribution in [2.75, 3.05) is 6.61 Å². The van der Waals surface area contributed by atoms with Crippen LogP contribution in [0.4, 0.5) is 9.59 Å². The van der Waals surface area contributed by atoms with Crippen molar-refractivity contribution in [2.45, 2.75) is 65.4 Å². The molecule has 0 heterocycles. The lowest BCUT2D eigenvalue weighted by Crippen LogP contribution is -2.36. The fraction of sp³-hybridized carbons (Fsp3) is 0.407. The summed E-state index contributed by atoms with van der Waals surface area (Å²) in [5, 5.41) is 0. The van der Waals surface area contributed by atoms with E-state index >= 15 is 0 Å². The van der Waals surface area contributed by atoms with Crippen LogP contribution in [-0.4, -0.2) is 55.2 Å². The topological polar surface area (TPSA) is 150 Å². The highest BCUT2D eigenvalue weighted by Gasteiger charge is 2.22. The predicted molar refractivity (Wildman–Crippen MR) is 135 cm³/mol. The molecule has 11 nitrogen and oxygen atoms in total. The van der Waals surface area contributed by atoms with Gasteiger partial charge in [-0.15, -0.1) is 0 Å². The lowest BCUT2D eigenvalue weighted by Gasteiger charge is -2.17. The number of ether oxygens (including phenoxy) is 6. The van der Waals surface area contributed by atoms with E-state index in [1.54, 1.807) is 65.0 Å². The number of carbonyl (C=O) groups excluding carboxylic acids is 4. The van der Waals surface area contributed by atoms with Crippen molar-refractivity contribution >= 4 is 24.2 Å². The maximum Gasteiger partial charge on any atom is 0.514 e. The molecule has 0 spiro atoms. The Morgan fingerprint density at radius 3 is 1.92 bits per heavy atom. The minimum absolute atomic E-state index is 0.00330. The predicted octanol–water partition coefficient (Wildman–Crippen LogP) is 4.19. The Morgan fingerprint density at radius 1 is 0.763 bits per heavy atom. The molecule has 0 bridgehead atoms. The molecule has 0 amide bonds. The number of esters is 2. The highest BCUT2D eigenvalue weighted by Crippen LogP contribution is 2.30. The highest BCUT2D eigenvalue weighted by molar-refractivity contribution is 5.89. The standard InChI is InChI=1S/C27H33NO10/c1-16(2)34-26(31)37-22-12-11-19(14-23(22)38-27(32)35-17(3)4)13-21(28)25(30)33-15-18(5)36-24(29)20-9-7-6-8-10-20/h6-12,14,16-18,21H,13,15,28H2,1-5H3/t18-,21+/m1/s1. The second-order valence-corrected chi connectivity index (χ2v) is 8.84. The van der Waals surface area contributed by atoms with Crippen LogP contribution in [0.25, 0.3) is 0 Å². The number of carbonyl (C=O) groups is 4. The van der Waals surface area contributed by atoms with E-state index < -0.39 is 48.6 Å². The van der Waals surface area contributed by atoms with Gasteiger partial charge >= 0.3 is 24.2 Å². The van der Waals surface area contributed by atoms with Gasteiger partial charge in [0.05, 0.1) is 17.8 Å². The van der Waals surface area contributed by atoms with Gasteiger partial charge in [0, 0.05) is 0 Å². The van der Waals surface area contributed by atoms with Crippen molar-refractivity contribution in [3.63, 3.8) is 0 Å². The average molecular weight is 532 g/mol. The molecule has 2 N–H and O–H groups in total. The number of rotatable bonds is 11. The average Bonchev–Trinajstić information content (AvgIpc) is 2.83. The van der Waals surface area contributed by atoms with Gasteiger partial charge in [-0.3, -0.25) is 4.79 Å². The maximum atomic E-state index is 12.4. The Morgan fingerprint density at radius 2 is 1.34 bits per heavy atom. The lowest BCUT2D eigenvalue weighted by atomic mass is 10.1. The second-order valence-electron chi connectivity index (χ2n) is 8.84. The largest absolute Gasteiger partial charge is 0.514 e. The van der Waals surface area contributed by atoms with Crippen molar-refractivity contribution in [1.29, 1.82) is 0 Å². The van der Waals surface area contributed by atoms with Crippen LogP contribution in [0, 0.1) is 0 Å². The van der Waals surface area contributed by atoms with Crippen LogP contribution in [0.5, 0.6) is 11.5 Å². The summed E-state index contributed by atoms with van der Waals surface area (Å²) < 4.78 is 30.7. The first kappa shape index (κ1) is 30.1. The molecule has 0 aliphatic rings. The molecule has 0 unspecified atom stereocenters. The van der Waals surface area contributed by atoms with Crippen LogP contribution >= 0.6 is 0 Å². The van der Waals surface area contributed by atoms with Crippen LogP contribution in [-0.2, 0) is 30.2 Å². The summed E-state index contributed by atoms with van der Waals surface area (Å²) in [6, 6.07) is 11.6. The molecule has 0 radical (unpaired) electrons. The number of benzene rings is 2. The maximum absolute atomic E-state index is 12.4. The molecule has 0 saturated heterocycles. The van der Waals surface area contributed by atoms with Gasteiger partial charge in [-0.05, 0) is 70.9 Å². The third-order valence-corrected chi connectivity index (χ3v) is 4.59. The number of nitrogens with two attached hydrogens (primary N) is 1. The number of hydrogen-bond donors (Lipinski definition) is 1. The van der Waals surface area contributed by atoms with Gasteiger partial charge < -0.3 is 34.2 Å². The van der Waals surface area contributed by atoms with Crippen molar-refractivity contribution in [3.05, 3.63) is 59.7 Å². The van der Waals surface area contributed by atoms with Gasteiger partial charge in [-0.1, -0.05) is 24.3 Å². The molecule has 38 heavy (non-hydrogen) atoms. The molecule has 2 aromatic rings. The Balaban J connectivity index is 2.00. The summed E-state index contributed by atoms with van der Waals surface area (Å²) in [7, 11) is 0. The normalized spacial score (nSPS) is 12.3. The molecule has 11 heteroatoms. The molecular weight excluding hydrogens is 498 g/mol. The Hall–Kier alpha value is -4.12. The summed E-state index contributed by atoms with van der Waals surface area (Å²) in [6.45, 7) is 7.98. The van der Waals surface area contributed by atoms with E-state index in [9.17, 15) is 19.2 Å². The van der Waals surface area contributed by atoms with Crippen LogP contribution < -0.4 is 15.2 Å². The zero-order chi connectivity index (χ0) is 28.2. The van der Waals surface area contributed by atoms with Gasteiger partial charge in [0.2, 0.25) is 0 Å². The summed E-state index contributed by atoms with van der Waals surface area (Å²) in [5.74, 6) is -1.49. The zero-order valence-electron chi connectivity index (χ0n) is 22.0. The first-order chi connectivity index (χ1) is 17.9. The van der Waals surface area contributed by atoms with Crippen molar-refractivity contribution in [2.24, 2.45) is 5.73 Å². The smallest absolute Gasteiger partial charge is 0.461 e. The molecule has 206 valence electrons. The highest BCUT2D eigenvalue weighted by atomic mass is 16.7. The minimum Gasteiger partial charge on any atom is -0.461 e. The van der Waals surface area contributed by atoms with Gasteiger partial charge in [-0.25, -0.2) is 14.4 Å². The third-order valence-electron chi connectivity index (χ3n) is 4.59. The van der Waals surface area contributed by atoms with Gasteiger partial charge in [0.15, 0.2) is 11.5 Å². The first-order valence-corrected chi connectivity index (χ1v) is 12.0. The molecule has 0 aliphatic carbocycles. The molecule has 0 aliphatic heterocycles. The summed E-state index contributed by atoms with van der Waals surface area (Å²) in [6.07, 6.45) is -3.57. The monoisotopic (exact) mass is 531 g/mol. The molecule has 2 atom stereocenters. The summed E-state index contributed by atoms with van der Waals surface area (Å²) >= 11 is 0. The lowest BCUT2D eigenvalue weighted by molar-refractivity contribution is -0.148. The molecular formula is C27H33NO10. The van der Waals surface area contributed by atoms with Gasteiger partial charge in [0.1, 0.15) is 18.8 Å². The van der Waals surface area contributed by atoms with Crippen molar-refractivity contribution in [1.82, 2.24) is 0 Å². The van der Waals surface area contributed by atoms with Crippen LogP contribution in [0.3, 0.4) is 0 Å². The molecule has 2 aromatic carbocycles. The Bertz CT molecular complexity index is 1100. The Kier molecular flexibility index (Phi) is 11.5. The SMILES string of the molecule is CC(C)OC(=O)Oc1ccc(C[C@H](N)C(=O)OC[C@@H](C)OC(=O)c2ccccc2)cc1OC(=O)OC(C)C. The van der Waals surface area contributed by atoms with Crippen LogP contribution in [0.15, 0.2) is 48.5 Å². The molecule has 2 rings (SSSR count). The summed E-state index contributed by atoms with van der Waals surface area (Å²) in [4.78, 5) is 48.5. The fourth-order valence-electron chi connectivity index (χ4n) is 2.96. The fourth-order valence-corrected chi connectivity index (χ4v) is 2.96. The zero-order valence-corrected chi connectivity index (χ0v) is 22.0. The van der Waals surface area contributed by atoms with Gasteiger partial charge in [-0.2, -0.15) is 0 Å². The van der Waals surface area contributed by atoms with E-state index in [0.29, 0.717) is 11.1 Å². The van der Waals surface area contributed by atoms with E-state index in [1.807, 2.05) is 0 Å². The quantitative estimate of drug-likeness (QED) is 0.252. The van der Waals surface area contributed by atoms with E-state index in [1.165, 1.54) is 18.2 Å². The van der Waals surface area contributed by atoms with Crippen molar-refractivity contribution < 1.29 is 47.6 Å². The van der Waals surface area contributed by atoms with E-state index in [-0.39, 0.29) is 24.5 Å². The molecule has 0 aromatic heterocycles. The van der Waals surface area contributed by atoms with E-state index in [4.69, 9.17) is 34.2 Å². The van der Waals surface area contributed by atoms with Crippen molar-refractivity contribution in [3.8, 4) is 11.5 Å². The minimum atomic E-state index is -1.08. The second kappa shape index (κ2) is 14.6. The third kappa shape index (κ3) is 10.5. The molecule has 0 fully saturated rings. The number of hydrogen-bond acceptors (Lipinski definition) is 11. The van der Waals surface area contributed by atoms with Crippen LogP contribution in [0.1, 0.15) is 50.5 Å². The van der Waals surface area contributed by atoms with E-state index in [0.717, 1.165) is 0 Å². The first-order valence-electron chi connectivity index (χ1n) is 12.0. The summed E-state index contributed by atoms with van der Waals surface area (Å²) in [5.41, 5.74) is 6.86. The molecule has 0 saturated carbocycles. The van der Waals surface area contributed by atoms with Gasteiger partial charge in [0.25, 0.3) is 0 Å². The Labute approximate surface area is 221 Å².